The highest BCUT2D eigenvalue weighted by molar-refractivity contribution is 7.99. The molecule has 1 aliphatic heterocycles. The lowest BCUT2D eigenvalue weighted by atomic mass is 10.2. The summed E-state index contributed by atoms with van der Waals surface area (Å²) in [6.07, 6.45) is -1.90. The summed E-state index contributed by atoms with van der Waals surface area (Å²) in [6, 6.07) is 1.73. The van der Waals surface area contributed by atoms with Gasteiger partial charge in [0.15, 0.2) is 0 Å². The van der Waals surface area contributed by atoms with Crippen LogP contribution in [0.2, 0.25) is 10.0 Å². The fourth-order valence-corrected chi connectivity index (χ4v) is 3.67. The van der Waals surface area contributed by atoms with Crippen molar-refractivity contribution in [3.8, 4) is 5.69 Å². The number of hydrogen-bond donors (Lipinski definition) is 0. The van der Waals surface area contributed by atoms with E-state index in [1.165, 1.54) is 4.68 Å². The summed E-state index contributed by atoms with van der Waals surface area (Å²) >= 11 is 13.5. The van der Waals surface area contributed by atoms with E-state index >= 15 is 0 Å². The van der Waals surface area contributed by atoms with Crippen LogP contribution in [0.1, 0.15) is 11.3 Å². The van der Waals surface area contributed by atoms with E-state index in [-0.39, 0.29) is 15.7 Å². The number of fused-ring (bicyclic) bond motifs is 1. The predicted octanol–water partition coefficient (Wildman–Crippen LogP) is 4.85. The second-order valence-corrected chi connectivity index (χ2v) is 6.22. The molecule has 0 spiro atoms. The first-order valence-electron chi connectivity index (χ1n) is 5.64. The molecule has 20 heavy (non-hydrogen) atoms. The van der Waals surface area contributed by atoms with Crippen molar-refractivity contribution in [2.45, 2.75) is 17.5 Å². The molecule has 0 amide bonds. The minimum Gasteiger partial charge on any atom is -0.237 e. The molecule has 0 fully saturated rings. The van der Waals surface area contributed by atoms with Gasteiger partial charge in [-0.2, -0.15) is 18.3 Å². The van der Waals surface area contributed by atoms with Crippen molar-refractivity contribution >= 4 is 35.0 Å². The second-order valence-electron chi connectivity index (χ2n) is 4.27. The summed E-state index contributed by atoms with van der Waals surface area (Å²) in [5, 5.41) is 4.17. The smallest absolute Gasteiger partial charge is 0.237 e. The molecule has 1 aliphatic rings. The van der Waals surface area contributed by atoms with E-state index in [4.69, 9.17) is 23.2 Å². The zero-order valence-electron chi connectivity index (χ0n) is 9.84. The van der Waals surface area contributed by atoms with Gasteiger partial charge in [0, 0.05) is 23.3 Å². The molecule has 1 aromatic heterocycles. The number of halogens is 5. The Morgan fingerprint density at radius 1 is 1.20 bits per heavy atom. The third-order valence-electron chi connectivity index (χ3n) is 2.92. The number of nitrogens with zero attached hydrogens (tertiary/aromatic N) is 2. The molecule has 0 atom stereocenters. The second kappa shape index (κ2) is 4.86. The van der Waals surface area contributed by atoms with Crippen LogP contribution >= 0.6 is 35.0 Å². The predicted molar refractivity (Wildman–Crippen MR) is 73.0 cm³/mol. The molecule has 3 rings (SSSR count). The SMILES string of the molecule is FC(F)(F)c1cc(Cl)c(-n2cc3c(n2)CCS3)c(Cl)c1. The largest absolute Gasteiger partial charge is 0.416 e. The van der Waals surface area contributed by atoms with Crippen molar-refractivity contribution in [3.05, 3.63) is 39.6 Å². The van der Waals surface area contributed by atoms with Crippen molar-refractivity contribution in [1.82, 2.24) is 9.78 Å². The molecule has 106 valence electrons. The van der Waals surface area contributed by atoms with Gasteiger partial charge in [0.1, 0.15) is 5.69 Å². The lowest BCUT2D eigenvalue weighted by molar-refractivity contribution is -0.137. The van der Waals surface area contributed by atoms with E-state index in [0.29, 0.717) is 0 Å². The van der Waals surface area contributed by atoms with E-state index in [2.05, 4.69) is 5.10 Å². The fraction of sp³-hybridized carbons (Fsp3) is 0.250. The van der Waals surface area contributed by atoms with Crippen LogP contribution in [0.4, 0.5) is 13.2 Å². The van der Waals surface area contributed by atoms with E-state index in [0.717, 1.165) is 34.9 Å². The van der Waals surface area contributed by atoms with Crippen LogP contribution < -0.4 is 0 Å². The Bertz CT molecular complexity index is 637. The molecule has 2 heterocycles. The maximum absolute atomic E-state index is 12.7. The Morgan fingerprint density at radius 3 is 2.40 bits per heavy atom. The Labute approximate surface area is 126 Å². The highest BCUT2D eigenvalue weighted by Crippen LogP contribution is 2.38. The molecule has 0 aliphatic carbocycles. The van der Waals surface area contributed by atoms with Gasteiger partial charge in [-0.05, 0) is 12.1 Å². The molecular formula is C12H7Cl2F3N2S. The lowest BCUT2D eigenvalue weighted by Crippen LogP contribution is -2.07. The van der Waals surface area contributed by atoms with Crippen molar-refractivity contribution in [3.63, 3.8) is 0 Å². The topological polar surface area (TPSA) is 17.8 Å². The van der Waals surface area contributed by atoms with Crippen molar-refractivity contribution in [2.24, 2.45) is 0 Å². The van der Waals surface area contributed by atoms with Gasteiger partial charge in [-0.15, -0.1) is 11.8 Å². The minimum absolute atomic E-state index is 0.0731. The summed E-state index contributed by atoms with van der Waals surface area (Å²) in [4.78, 5) is 1.01. The molecule has 2 nitrogen and oxygen atoms in total. The number of aromatic nitrogens is 2. The van der Waals surface area contributed by atoms with Gasteiger partial charge in [0.25, 0.3) is 0 Å². The van der Waals surface area contributed by atoms with Gasteiger partial charge in [-0.3, -0.25) is 0 Å². The summed E-state index contributed by atoms with van der Waals surface area (Å²) < 4.78 is 39.5. The zero-order chi connectivity index (χ0) is 14.5. The molecule has 0 unspecified atom stereocenters. The summed E-state index contributed by atoms with van der Waals surface area (Å²) in [5.41, 5.74) is 0.323. The average molecular weight is 339 g/mol. The van der Waals surface area contributed by atoms with Crippen LogP contribution in [0.3, 0.4) is 0 Å². The third-order valence-corrected chi connectivity index (χ3v) is 4.56. The quantitative estimate of drug-likeness (QED) is 0.739. The standard InChI is InChI=1S/C12H7Cl2F3N2S/c13-7-3-6(12(15,16)17)4-8(14)11(7)19-5-10-9(18-19)1-2-20-10/h3-5H,1-2H2. The molecule has 8 heteroatoms. The number of hydrogen-bond acceptors (Lipinski definition) is 2. The zero-order valence-corrected chi connectivity index (χ0v) is 12.2. The Kier molecular flexibility index (Phi) is 3.43. The first-order valence-corrected chi connectivity index (χ1v) is 7.38. The molecule has 0 bridgehead atoms. The molecule has 2 aromatic rings. The maximum Gasteiger partial charge on any atom is 0.416 e. The highest BCUT2D eigenvalue weighted by Gasteiger charge is 2.32. The van der Waals surface area contributed by atoms with Crippen LogP contribution in [-0.2, 0) is 12.6 Å². The summed E-state index contributed by atoms with van der Waals surface area (Å²) in [6.45, 7) is 0. The van der Waals surface area contributed by atoms with Gasteiger partial charge in [-0.25, -0.2) is 4.68 Å². The van der Waals surface area contributed by atoms with Gasteiger partial charge >= 0.3 is 6.18 Å². The van der Waals surface area contributed by atoms with E-state index in [1.54, 1.807) is 18.0 Å². The van der Waals surface area contributed by atoms with Crippen LogP contribution in [0, 0.1) is 0 Å². The molecule has 0 radical (unpaired) electrons. The maximum atomic E-state index is 12.7. The monoisotopic (exact) mass is 338 g/mol. The molecular weight excluding hydrogens is 332 g/mol. The molecule has 0 N–H and O–H groups in total. The average Bonchev–Trinajstić information content (AvgIpc) is 2.87. The number of alkyl halides is 3. The first kappa shape index (κ1) is 14.1. The summed E-state index contributed by atoms with van der Waals surface area (Å²) in [7, 11) is 0. The number of thioether (sulfide) groups is 1. The van der Waals surface area contributed by atoms with E-state index in [9.17, 15) is 13.2 Å². The molecule has 0 saturated heterocycles. The minimum atomic E-state index is -4.48. The Morgan fingerprint density at radius 2 is 1.85 bits per heavy atom. The highest BCUT2D eigenvalue weighted by atomic mass is 35.5. The van der Waals surface area contributed by atoms with E-state index < -0.39 is 11.7 Å². The first-order chi connectivity index (χ1) is 9.36. The van der Waals surface area contributed by atoms with Crippen LogP contribution in [0.5, 0.6) is 0 Å². The lowest BCUT2D eigenvalue weighted by Gasteiger charge is -2.12. The van der Waals surface area contributed by atoms with Crippen molar-refractivity contribution in [2.75, 3.05) is 5.75 Å². The number of benzene rings is 1. The van der Waals surface area contributed by atoms with Crippen LogP contribution in [-0.4, -0.2) is 15.5 Å². The van der Waals surface area contributed by atoms with Crippen LogP contribution in [0.25, 0.3) is 5.69 Å². The van der Waals surface area contributed by atoms with Crippen molar-refractivity contribution < 1.29 is 13.2 Å². The van der Waals surface area contributed by atoms with E-state index in [1.807, 2.05) is 0 Å². The number of aryl methyl sites for hydroxylation is 1. The summed E-state index contributed by atoms with van der Waals surface area (Å²) in [5.74, 6) is 0.965. The third kappa shape index (κ3) is 2.40. The number of rotatable bonds is 1. The van der Waals surface area contributed by atoms with Gasteiger partial charge in [0.2, 0.25) is 0 Å². The Balaban J connectivity index is 2.10. The Hall–Kier alpha value is -0.850. The van der Waals surface area contributed by atoms with Gasteiger partial charge in [-0.1, -0.05) is 23.2 Å². The molecule has 0 saturated carbocycles. The fourth-order valence-electron chi connectivity index (χ4n) is 2.01. The van der Waals surface area contributed by atoms with Gasteiger partial charge in [0.05, 0.1) is 21.3 Å². The van der Waals surface area contributed by atoms with Gasteiger partial charge < -0.3 is 0 Å². The van der Waals surface area contributed by atoms with Crippen molar-refractivity contribution in [1.29, 1.82) is 0 Å². The molecule has 1 aromatic carbocycles. The normalized spacial score (nSPS) is 14.7. The van der Waals surface area contributed by atoms with Crippen LogP contribution in [0.15, 0.2) is 23.2 Å².